The smallest absolute Gasteiger partial charge is 0.422 e. The molecule has 0 radical (unpaired) electrons. The van der Waals surface area contributed by atoms with Gasteiger partial charge in [0.15, 0.2) is 12.2 Å². The van der Waals surface area contributed by atoms with Crippen LogP contribution in [-0.4, -0.2) is 53.3 Å². The number of benzene rings is 1. The standard InChI is InChI=1S/C20H16ClF3N4O2/c21-12-5-14(13-3-1-2-4-16(13)29-11-20(22,23)24)17-27-15(7-28(17)6-12)18-26-10-19(30-18)8-25-9-19/h1-7,25H,8-11H2. The van der Waals surface area contributed by atoms with E-state index in [4.69, 9.17) is 21.1 Å². The van der Waals surface area contributed by atoms with Crippen molar-refractivity contribution in [3.63, 3.8) is 0 Å². The Bertz CT molecular complexity index is 1150. The van der Waals surface area contributed by atoms with Crippen LogP contribution >= 0.6 is 11.6 Å². The van der Waals surface area contributed by atoms with Gasteiger partial charge in [0.25, 0.3) is 0 Å². The maximum Gasteiger partial charge on any atom is 0.422 e. The Hall–Kier alpha value is -2.78. The van der Waals surface area contributed by atoms with Crippen LogP contribution < -0.4 is 10.1 Å². The number of nitrogens with one attached hydrogen (secondary N) is 1. The molecule has 5 rings (SSSR count). The van der Waals surface area contributed by atoms with Gasteiger partial charge in [0.05, 0.1) is 11.6 Å². The van der Waals surface area contributed by atoms with E-state index in [0.717, 1.165) is 13.1 Å². The summed E-state index contributed by atoms with van der Waals surface area (Å²) in [6, 6.07) is 8.14. The molecule has 1 spiro atoms. The van der Waals surface area contributed by atoms with E-state index in [1.54, 1.807) is 41.1 Å². The third-order valence-corrected chi connectivity index (χ3v) is 5.23. The number of imidazole rings is 1. The zero-order chi connectivity index (χ0) is 20.9. The number of nitrogens with zero attached hydrogens (tertiary/aromatic N) is 3. The second kappa shape index (κ2) is 6.88. The van der Waals surface area contributed by atoms with Gasteiger partial charge in [-0.05, 0) is 12.1 Å². The van der Waals surface area contributed by atoms with Gasteiger partial charge in [-0.1, -0.05) is 29.8 Å². The molecule has 0 bridgehead atoms. The van der Waals surface area contributed by atoms with Gasteiger partial charge in [-0.15, -0.1) is 0 Å². The predicted octanol–water partition coefficient (Wildman–Crippen LogP) is 3.71. The second-order valence-electron chi connectivity index (χ2n) is 7.34. The van der Waals surface area contributed by atoms with Crippen molar-refractivity contribution in [3.05, 3.63) is 53.4 Å². The molecule has 2 aromatic heterocycles. The van der Waals surface area contributed by atoms with Gasteiger partial charge in [-0.25, -0.2) is 9.98 Å². The SMILES string of the molecule is FC(F)(F)COc1ccccc1-c1cc(Cl)cn2cc(C3=NCC4(CNC4)O3)nc12. The van der Waals surface area contributed by atoms with E-state index < -0.39 is 12.8 Å². The first kappa shape index (κ1) is 19.2. The summed E-state index contributed by atoms with van der Waals surface area (Å²) in [6.07, 6.45) is -1.03. The summed E-state index contributed by atoms with van der Waals surface area (Å²) in [4.78, 5) is 9.11. The Balaban J connectivity index is 1.55. The number of hydrogen-bond donors (Lipinski definition) is 1. The topological polar surface area (TPSA) is 60.2 Å². The molecule has 6 nitrogen and oxygen atoms in total. The fourth-order valence-electron chi connectivity index (χ4n) is 3.55. The molecule has 0 amide bonds. The number of halogens is 4. The molecule has 3 aromatic rings. The summed E-state index contributed by atoms with van der Waals surface area (Å²) in [6.45, 7) is 0.634. The zero-order valence-corrected chi connectivity index (χ0v) is 16.3. The van der Waals surface area contributed by atoms with E-state index in [1.807, 2.05) is 0 Å². The fourth-order valence-corrected chi connectivity index (χ4v) is 3.76. The van der Waals surface area contributed by atoms with Crippen LogP contribution in [0, 0.1) is 0 Å². The number of aliphatic imine (C=N–C) groups is 1. The number of hydrogen-bond acceptors (Lipinski definition) is 5. The average molecular weight is 437 g/mol. The number of fused-ring (bicyclic) bond motifs is 1. The van der Waals surface area contributed by atoms with Gasteiger partial charge in [0.1, 0.15) is 17.1 Å². The number of alkyl halides is 3. The van der Waals surface area contributed by atoms with Crippen molar-refractivity contribution >= 4 is 23.1 Å². The van der Waals surface area contributed by atoms with Gasteiger partial charge in [0, 0.05) is 36.6 Å². The Morgan fingerprint density at radius 2 is 2.00 bits per heavy atom. The summed E-state index contributed by atoms with van der Waals surface area (Å²) in [5.74, 6) is 0.543. The first-order valence-corrected chi connectivity index (χ1v) is 9.62. The number of aromatic nitrogens is 2. The first-order valence-electron chi connectivity index (χ1n) is 9.24. The average Bonchev–Trinajstić information content (AvgIpc) is 3.29. The fraction of sp³-hybridized carbons (Fsp3) is 0.300. The van der Waals surface area contributed by atoms with Gasteiger partial charge >= 0.3 is 6.18 Å². The van der Waals surface area contributed by atoms with Crippen molar-refractivity contribution < 1.29 is 22.6 Å². The maximum absolute atomic E-state index is 12.7. The van der Waals surface area contributed by atoms with Crippen molar-refractivity contribution in [3.8, 4) is 16.9 Å². The highest BCUT2D eigenvalue weighted by Crippen LogP contribution is 2.35. The molecule has 2 aliphatic heterocycles. The number of pyridine rings is 1. The molecule has 0 atom stereocenters. The summed E-state index contributed by atoms with van der Waals surface area (Å²) in [5, 5.41) is 3.58. The molecular formula is C20H16ClF3N4O2. The molecule has 10 heteroatoms. The molecule has 0 saturated carbocycles. The van der Waals surface area contributed by atoms with E-state index in [2.05, 4.69) is 15.3 Å². The van der Waals surface area contributed by atoms with Crippen LogP contribution in [0.3, 0.4) is 0 Å². The lowest BCUT2D eigenvalue weighted by atomic mass is 9.98. The summed E-state index contributed by atoms with van der Waals surface area (Å²) >= 11 is 6.28. The normalized spacial score (nSPS) is 17.7. The van der Waals surface area contributed by atoms with Gasteiger partial charge in [-0.3, -0.25) is 0 Å². The van der Waals surface area contributed by atoms with Crippen LogP contribution in [0.15, 0.2) is 47.7 Å². The maximum atomic E-state index is 12.7. The molecule has 2 aliphatic rings. The minimum absolute atomic E-state index is 0.0949. The van der Waals surface area contributed by atoms with E-state index >= 15 is 0 Å². The highest BCUT2D eigenvalue weighted by molar-refractivity contribution is 6.31. The monoisotopic (exact) mass is 436 g/mol. The number of ether oxygens (including phenoxy) is 2. The predicted molar refractivity (Wildman–Crippen MR) is 105 cm³/mol. The largest absolute Gasteiger partial charge is 0.483 e. The second-order valence-corrected chi connectivity index (χ2v) is 7.78. The van der Waals surface area contributed by atoms with Crippen molar-refractivity contribution in [2.75, 3.05) is 26.2 Å². The third kappa shape index (κ3) is 3.48. The Morgan fingerprint density at radius 1 is 1.20 bits per heavy atom. The van der Waals surface area contributed by atoms with Gasteiger partial charge in [0.2, 0.25) is 5.90 Å². The molecule has 1 fully saturated rings. The van der Waals surface area contributed by atoms with E-state index in [0.29, 0.717) is 39.9 Å². The molecule has 156 valence electrons. The van der Waals surface area contributed by atoms with E-state index in [-0.39, 0.29) is 11.4 Å². The molecule has 0 aliphatic carbocycles. The van der Waals surface area contributed by atoms with Crippen LogP contribution in [0.1, 0.15) is 5.69 Å². The zero-order valence-electron chi connectivity index (χ0n) is 15.5. The molecule has 1 aromatic carbocycles. The lowest BCUT2D eigenvalue weighted by Crippen LogP contribution is -2.61. The minimum Gasteiger partial charge on any atom is -0.483 e. The Kier molecular flexibility index (Phi) is 4.41. The summed E-state index contributed by atoms with van der Waals surface area (Å²) in [5.41, 5.74) is 1.75. The van der Waals surface area contributed by atoms with Crippen molar-refractivity contribution in [1.82, 2.24) is 14.7 Å². The lowest BCUT2D eigenvalue weighted by molar-refractivity contribution is -0.153. The molecule has 4 heterocycles. The number of para-hydroxylation sites is 1. The minimum atomic E-state index is -4.44. The molecule has 0 unspecified atom stereocenters. The highest BCUT2D eigenvalue weighted by Gasteiger charge is 2.44. The van der Waals surface area contributed by atoms with E-state index in [1.165, 1.54) is 6.07 Å². The van der Waals surface area contributed by atoms with Crippen LogP contribution in [0.4, 0.5) is 13.2 Å². The van der Waals surface area contributed by atoms with Crippen LogP contribution in [-0.2, 0) is 4.74 Å². The van der Waals surface area contributed by atoms with Crippen LogP contribution in [0.5, 0.6) is 5.75 Å². The molecule has 30 heavy (non-hydrogen) atoms. The quantitative estimate of drug-likeness (QED) is 0.677. The Morgan fingerprint density at radius 3 is 2.70 bits per heavy atom. The summed E-state index contributed by atoms with van der Waals surface area (Å²) in [7, 11) is 0. The summed E-state index contributed by atoms with van der Waals surface area (Å²) < 4.78 is 50.8. The van der Waals surface area contributed by atoms with Crippen LogP contribution in [0.2, 0.25) is 5.02 Å². The number of rotatable bonds is 4. The molecular weight excluding hydrogens is 421 g/mol. The Labute approximate surface area is 174 Å². The lowest BCUT2D eigenvalue weighted by Gasteiger charge is -2.37. The third-order valence-electron chi connectivity index (χ3n) is 5.02. The molecule has 1 saturated heterocycles. The van der Waals surface area contributed by atoms with Crippen molar-refractivity contribution in [2.24, 2.45) is 4.99 Å². The highest BCUT2D eigenvalue weighted by atomic mass is 35.5. The van der Waals surface area contributed by atoms with Crippen LogP contribution in [0.25, 0.3) is 16.8 Å². The van der Waals surface area contributed by atoms with Gasteiger partial charge in [-0.2, -0.15) is 13.2 Å². The van der Waals surface area contributed by atoms with Crippen molar-refractivity contribution in [2.45, 2.75) is 11.8 Å². The van der Waals surface area contributed by atoms with Gasteiger partial charge < -0.3 is 19.2 Å². The molecule has 1 N–H and O–H groups in total. The van der Waals surface area contributed by atoms with E-state index in [9.17, 15) is 13.2 Å². The first-order chi connectivity index (χ1) is 14.3. The van der Waals surface area contributed by atoms with Crippen molar-refractivity contribution in [1.29, 1.82) is 0 Å².